The van der Waals surface area contributed by atoms with Crippen LogP contribution < -0.4 is 20.7 Å². The minimum Gasteiger partial charge on any atom is -0.491 e. The van der Waals surface area contributed by atoms with Gasteiger partial charge in [0.25, 0.3) is 5.91 Å². The molecule has 220 valence electrons. The lowest BCUT2D eigenvalue weighted by Crippen LogP contribution is -2.53. The van der Waals surface area contributed by atoms with Gasteiger partial charge in [0, 0.05) is 13.6 Å². The van der Waals surface area contributed by atoms with Crippen molar-refractivity contribution in [2.24, 2.45) is 0 Å². The van der Waals surface area contributed by atoms with Crippen LogP contribution in [0.3, 0.4) is 0 Å². The van der Waals surface area contributed by atoms with Crippen LogP contribution >= 0.6 is 0 Å². The summed E-state index contributed by atoms with van der Waals surface area (Å²) in [5.74, 6) is -1.49. The Bertz CT molecular complexity index is 1370. The van der Waals surface area contributed by atoms with Crippen molar-refractivity contribution in [2.45, 2.75) is 50.7 Å². The first-order chi connectivity index (χ1) is 20.3. The molecule has 0 aliphatic carbocycles. The second-order valence-electron chi connectivity index (χ2n) is 10.5. The Labute approximate surface area is 246 Å². The van der Waals surface area contributed by atoms with E-state index in [-0.39, 0.29) is 30.5 Å². The van der Waals surface area contributed by atoms with Gasteiger partial charge in [0.2, 0.25) is 17.7 Å². The number of rotatable bonds is 7. The van der Waals surface area contributed by atoms with Crippen molar-refractivity contribution in [1.82, 2.24) is 20.9 Å². The molecule has 3 atom stereocenters. The van der Waals surface area contributed by atoms with E-state index in [0.717, 1.165) is 17.5 Å². The van der Waals surface area contributed by atoms with Crippen molar-refractivity contribution >= 4 is 23.6 Å². The number of hydrogen-bond acceptors (Lipinski definition) is 5. The largest absolute Gasteiger partial charge is 0.491 e. The maximum Gasteiger partial charge on any atom is 0.255 e. The van der Waals surface area contributed by atoms with E-state index in [1.165, 1.54) is 0 Å². The van der Waals surface area contributed by atoms with Gasteiger partial charge >= 0.3 is 0 Å². The minimum absolute atomic E-state index is 0.118. The Kier molecular flexibility index (Phi) is 10.7. The number of nitrogens with one attached hydrogen (secondary N) is 3. The summed E-state index contributed by atoms with van der Waals surface area (Å²) in [6.45, 7) is 2.10. The Morgan fingerprint density at radius 3 is 2.26 bits per heavy atom. The van der Waals surface area contributed by atoms with E-state index in [2.05, 4.69) is 16.0 Å². The molecule has 1 aliphatic rings. The number of fused-ring (bicyclic) bond motifs is 1. The van der Waals surface area contributed by atoms with Gasteiger partial charge < -0.3 is 25.6 Å². The molecular formula is C33H38N4O5. The first kappa shape index (κ1) is 30.3. The Balaban J connectivity index is 1.52. The van der Waals surface area contributed by atoms with Gasteiger partial charge in [-0.1, -0.05) is 72.8 Å². The molecule has 4 rings (SSSR count). The van der Waals surface area contributed by atoms with Crippen molar-refractivity contribution in [3.05, 3.63) is 102 Å². The van der Waals surface area contributed by atoms with Gasteiger partial charge in [0.1, 0.15) is 24.4 Å². The third-order valence-corrected chi connectivity index (χ3v) is 7.32. The Morgan fingerprint density at radius 2 is 1.55 bits per heavy atom. The van der Waals surface area contributed by atoms with Gasteiger partial charge in [-0.25, -0.2) is 0 Å². The molecule has 0 fully saturated rings. The number of aryl methyl sites for hydroxylation is 1. The number of carbonyl (C=O) groups is 4. The molecular weight excluding hydrogens is 532 g/mol. The summed E-state index contributed by atoms with van der Waals surface area (Å²) in [5, 5.41) is 8.26. The second kappa shape index (κ2) is 14.8. The highest BCUT2D eigenvalue weighted by Crippen LogP contribution is 2.20. The van der Waals surface area contributed by atoms with Crippen molar-refractivity contribution in [2.75, 3.05) is 20.2 Å². The zero-order valence-corrected chi connectivity index (χ0v) is 24.0. The minimum atomic E-state index is -1.14. The third kappa shape index (κ3) is 8.42. The molecule has 1 aliphatic heterocycles. The summed E-state index contributed by atoms with van der Waals surface area (Å²) >= 11 is 0. The molecule has 0 aromatic heterocycles. The van der Waals surface area contributed by atoms with E-state index in [1.807, 2.05) is 60.7 Å². The van der Waals surface area contributed by atoms with Crippen LogP contribution in [0.25, 0.3) is 0 Å². The molecule has 3 aromatic rings. The standard InChI is InChI=1S/C33H38N4O5/c1-23-33(41)37(2)26(20-25-14-7-4-8-15-25)22-42-29-18-10-9-17-27(29)31(39)36-28(21-30(38)35-23)32(40)34-19-11-16-24-12-5-3-6-13-24/h3-10,12-15,17-18,23,26,28H,11,16,19-22H2,1-2H3,(H,34,40)(H,35,38)(H,36,39)/t23-,26-,28-/m0/s1. The molecule has 9 heteroatoms. The van der Waals surface area contributed by atoms with Gasteiger partial charge in [-0.05, 0) is 49.4 Å². The van der Waals surface area contributed by atoms with E-state index < -0.39 is 29.8 Å². The smallest absolute Gasteiger partial charge is 0.255 e. The highest BCUT2D eigenvalue weighted by molar-refractivity contribution is 6.01. The molecule has 42 heavy (non-hydrogen) atoms. The molecule has 1 heterocycles. The maximum absolute atomic E-state index is 13.4. The summed E-state index contributed by atoms with van der Waals surface area (Å²) < 4.78 is 6.14. The van der Waals surface area contributed by atoms with E-state index in [4.69, 9.17) is 4.74 Å². The average molecular weight is 571 g/mol. The number of hydrogen-bond donors (Lipinski definition) is 3. The summed E-state index contributed by atoms with van der Waals surface area (Å²) in [6.07, 6.45) is 1.67. The molecule has 0 spiro atoms. The predicted octanol–water partition coefficient (Wildman–Crippen LogP) is 2.89. The summed E-state index contributed by atoms with van der Waals surface area (Å²) in [7, 11) is 1.68. The summed E-state index contributed by atoms with van der Waals surface area (Å²) in [5.41, 5.74) is 2.41. The number of ether oxygens (including phenoxy) is 1. The monoisotopic (exact) mass is 570 g/mol. The predicted molar refractivity (Wildman–Crippen MR) is 160 cm³/mol. The number of nitrogens with zero attached hydrogens (tertiary/aromatic N) is 1. The molecule has 0 bridgehead atoms. The highest BCUT2D eigenvalue weighted by atomic mass is 16.5. The van der Waals surface area contributed by atoms with Crippen LogP contribution in [0.4, 0.5) is 0 Å². The quantitative estimate of drug-likeness (QED) is 0.378. The van der Waals surface area contributed by atoms with Crippen LogP contribution in [0.15, 0.2) is 84.9 Å². The third-order valence-electron chi connectivity index (χ3n) is 7.32. The van der Waals surface area contributed by atoms with Crippen LogP contribution in [-0.2, 0) is 27.2 Å². The summed E-state index contributed by atoms with van der Waals surface area (Å²) in [4.78, 5) is 54.5. The molecule has 9 nitrogen and oxygen atoms in total. The van der Waals surface area contributed by atoms with Crippen LogP contribution in [0.5, 0.6) is 5.75 Å². The van der Waals surface area contributed by atoms with Crippen LogP contribution in [0.1, 0.15) is 41.3 Å². The van der Waals surface area contributed by atoms with Gasteiger partial charge in [-0.3, -0.25) is 19.2 Å². The summed E-state index contributed by atoms with van der Waals surface area (Å²) in [6, 6.07) is 24.0. The molecule has 4 amide bonds. The Morgan fingerprint density at radius 1 is 0.905 bits per heavy atom. The second-order valence-corrected chi connectivity index (χ2v) is 10.5. The van der Waals surface area contributed by atoms with Crippen LogP contribution in [-0.4, -0.2) is 66.9 Å². The molecule has 3 aromatic carbocycles. The highest BCUT2D eigenvalue weighted by Gasteiger charge is 2.30. The zero-order valence-electron chi connectivity index (χ0n) is 24.0. The molecule has 0 radical (unpaired) electrons. The van der Waals surface area contributed by atoms with Crippen molar-refractivity contribution in [3.63, 3.8) is 0 Å². The Hall–Kier alpha value is -4.66. The molecule has 0 saturated carbocycles. The number of para-hydroxylation sites is 1. The van der Waals surface area contributed by atoms with Gasteiger partial charge in [0.15, 0.2) is 0 Å². The average Bonchev–Trinajstić information content (AvgIpc) is 3.00. The van der Waals surface area contributed by atoms with E-state index >= 15 is 0 Å². The first-order valence-corrected chi connectivity index (χ1v) is 14.3. The van der Waals surface area contributed by atoms with Crippen molar-refractivity contribution in [3.8, 4) is 5.75 Å². The lowest BCUT2D eigenvalue weighted by Gasteiger charge is -2.31. The van der Waals surface area contributed by atoms with Gasteiger partial charge in [-0.15, -0.1) is 0 Å². The fourth-order valence-electron chi connectivity index (χ4n) is 4.91. The fraction of sp³-hybridized carbons (Fsp3) is 0.333. The van der Waals surface area contributed by atoms with Crippen LogP contribution in [0, 0.1) is 0 Å². The maximum atomic E-state index is 13.4. The van der Waals surface area contributed by atoms with E-state index in [0.29, 0.717) is 25.1 Å². The fourth-order valence-corrected chi connectivity index (χ4v) is 4.91. The number of amides is 4. The van der Waals surface area contributed by atoms with Crippen molar-refractivity contribution in [1.29, 1.82) is 0 Å². The zero-order chi connectivity index (χ0) is 29.9. The first-order valence-electron chi connectivity index (χ1n) is 14.3. The van der Waals surface area contributed by atoms with E-state index in [9.17, 15) is 19.2 Å². The van der Waals surface area contributed by atoms with Crippen LogP contribution in [0.2, 0.25) is 0 Å². The van der Waals surface area contributed by atoms with Gasteiger partial charge in [-0.2, -0.15) is 0 Å². The number of benzene rings is 3. The topological polar surface area (TPSA) is 117 Å². The molecule has 0 saturated heterocycles. The lowest BCUT2D eigenvalue weighted by atomic mass is 10.0. The molecule has 0 unspecified atom stereocenters. The number of likely N-dealkylation sites (N-methyl/N-ethyl adjacent to an activating group) is 1. The van der Waals surface area contributed by atoms with Crippen molar-refractivity contribution < 1.29 is 23.9 Å². The number of carbonyl (C=O) groups excluding carboxylic acids is 4. The van der Waals surface area contributed by atoms with E-state index in [1.54, 1.807) is 43.1 Å². The molecule has 3 N–H and O–H groups in total. The normalized spacial score (nSPS) is 19.9. The lowest BCUT2D eigenvalue weighted by molar-refractivity contribution is -0.137. The van der Waals surface area contributed by atoms with Gasteiger partial charge in [0.05, 0.1) is 18.0 Å². The SMILES string of the molecule is C[C@@H]1NC(=O)C[C@@H](C(=O)NCCCc2ccccc2)NC(=O)c2ccccc2OC[C@H](Cc2ccccc2)N(C)C1=O.